The molecule has 7 nitrogen and oxygen atoms in total. The summed E-state index contributed by atoms with van der Waals surface area (Å²) in [5, 5.41) is 14.5. The number of carboxylic acid groups (broad SMARTS) is 1. The van der Waals surface area contributed by atoms with Crippen LogP contribution in [0.25, 0.3) is 0 Å². The summed E-state index contributed by atoms with van der Waals surface area (Å²) in [5.74, 6) is -1.75. The minimum atomic E-state index is -3.76. The smallest absolute Gasteiger partial charge is 0.248 e. The van der Waals surface area contributed by atoms with E-state index >= 15 is 0 Å². The molecule has 2 heterocycles. The van der Waals surface area contributed by atoms with E-state index in [0.717, 1.165) is 0 Å². The zero-order valence-corrected chi connectivity index (χ0v) is 11.6. The number of hydrogen-bond donors (Lipinski definition) is 0. The molecule has 1 aromatic rings. The third-order valence-electron chi connectivity index (χ3n) is 3.28. The monoisotopic (exact) mass is 287 g/mol. The summed E-state index contributed by atoms with van der Waals surface area (Å²) in [5.41, 5.74) is 0.285. The fourth-order valence-corrected chi connectivity index (χ4v) is 4.14. The molecule has 1 aromatic heterocycles. The second-order valence-electron chi connectivity index (χ2n) is 4.67. The van der Waals surface area contributed by atoms with Crippen LogP contribution in [0.2, 0.25) is 0 Å². The van der Waals surface area contributed by atoms with Gasteiger partial charge in [-0.3, -0.25) is 0 Å². The first kappa shape index (κ1) is 14.0. The van der Waals surface area contributed by atoms with Crippen LogP contribution in [-0.2, 0) is 14.8 Å². The Labute approximate surface area is 111 Å². The lowest BCUT2D eigenvalue weighted by Gasteiger charge is -2.32. The first-order chi connectivity index (χ1) is 8.84. The summed E-state index contributed by atoms with van der Waals surface area (Å²) >= 11 is 0. The van der Waals surface area contributed by atoms with E-state index in [4.69, 9.17) is 4.52 Å². The number of hydrogen-bond acceptors (Lipinski definition) is 6. The number of piperidine rings is 1. The van der Waals surface area contributed by atoms with Crippen molar-refractivity contribution >= 4 is 16.0 Å². The molecule has 8 heteroatoms. The summed E-state index contributed by atoms with van der Waals surface area (Å²) in [6.45, 7) is 3.31. The van der Waals surface area contributed by atoms with Gasteiger partial charge in [-0.15, -0.1) is 0 Å². The van der Waals surface area contributed by atoms with Crippen molar-refractivity contribution in [1.29, 1.82) is 0 Å². The maximum atomic E-state index is 12.5. The molecule has 0 spiro atoms. The summed E-state index contributed by atoms with van der Waals surface area (Å²) in [4.78, 5) is 10.9. The summed E-state index contributed by atoms with van der Waals surface area (Å²) in [7, 11) is -3.76. The van der Waals surface area contributed by atoms with E-state index in [0.29, 0.717) is 19.4 Å². The summed E-state index contributed by atoms with van der Waals surface area (Å²) in [6.07, 6.45) is 0.942. The Morgan fingerprint density at radius 3 is 2.68 bits per heavy atom. The number of carbonyl (C=O) groups is 1. The molecule has 0 radical (unpaired) electrons. The molecule has 0 amide bonds. The Kier molecular flexibility index (Phi) is 3.64. The van der Waals surface area contributed by atoms with Crippen LogP contribution < -0.4 is 5.11 Å². The Morgan fingerprint density at radius 1 is 1.47 bits per heavy atom. The predicted octanol–water partition coefficient (Wildman–Crippen LogP) is -0.558. The van der Waals surface area contributed by atoms with E-state index in [2.05, 4.69) is 5.16 Å². The third kappa shape index (κ3) is 2.50. The predicted molar refractivity (Wildman–Crippen MR) is 62.5 cm³/mol. The highest BCUT2D eigenvalue weighted by atomic mass is 32.2. The maximum absolute atomic E-state index is 12.5. The van der Waals surface area contributed by atoms with Gasteiger partial charge >= 0.3 is 0 Å². The molecule has 106 valence electrons. The number of rotatable bonds is 3. The molecule has 0 unspecified atom stereocenters. The number of nitrogens with zero attached hydrogens (tertiary/aromatic N) is 2. The molecular formula is C11H15N2O5S-. The van der Waals surface area contributed by atoms with Gasteiger partial charge in [0.25, 0.3) is 0 Å². The van der Waals surface area contributed by atoms with E-state index in [-0.39, 0.29) is 22.9 Å². The van der Waals surface area contributed by atoms with Crippen LogP contribution in [0.15, 0.2) is 9.42 Å². The van der Waals surface area contributed by atoms with Crippen LogP contribution in [-0.4, -0.2) is 36.9 Å². The molecule has 19 heavy (non-hydrogen) atoms. The van der Waals surface area contributed by atoms with E-state index in [1.807, 2.05) is 0 Å². The highest BCUT2D eigenvalue weighted by molar-refractivity contribution is 7.89. The molecule has 0 aliphatic carbocycles. The van der Waals surface area contributed by atoms with Gasteiger partial charge in [-0.05, 0) is 26.7 Å². The molecule has 1 saturated heterocycles. The lowest BCUT2D eigenvalue weighted by Crippen LogP contribution is -2.46. The molecule has 0 saturated carbocycles. The quantitative estimate of drug-likeness (QED) is 0.738. The number of aromatic nitrogens is 1. The highest BCUT2D eigenvalue weighted by Gasteiger charge is 2.34. The number of sulfonamides is 1. The fraction of sp³-hybridized carbons (Fsp3) is 0.636. The molecule has 1 fully saturated rings. The van der Waals surface area contributed by atoms with Gasteiger partial charge in [-0.2, -0.15) is 4.31 Å². The van der Waals surface area contributed by atoms with Crippen LogP contribution in [0.4, 0.5) is 0 Å². The van der Waals surface area contributed by atoms with Gasteiger partial charge in [0.1, 0.15) is 10.6 Å². The first-order valence-electron chi connectivity index (χ1n) is 5.98. The Balaban J connectivity index is 2.32. The standard InChI is InChI=1S/C11H16N2O5S/c1-7-10(8(2)18-12-7)19(16,17)13-5-3-4-9(6-13)11(14)15/h9H,3-6H2,1-2H3,(H,14,15)/p-1/t9-/m0/s1. The van der Waals surface area contributed by atoms with E-state index in [9.17, 15) is 18.3 Å². The average molecular weight is 287 g/mol. The SMILES string of the molecule is Cc1noc(C)c1S(=O)(=O)N1CCC[C@H](C(=O)[O-])C1. The number of aliphatic carboxylic acids is 1. The second-order valence-corrected chi connectivity index (χ2v) is 6.55. The van der Waals surface area contributed by atoms with Crippen molar-refractivity contribution in [1.82, 2.24) is 9.46 Å². The highest BCUT2D eigenvalue weighted by Crippen LogP contribution is 2.27. The number of aryl methyl sites for hydroxylation is 2. The van der Waals surface area contributed by atoms with Crippen molar-refractivity contribution < 1.29 is 22.8 Å². The van der Waals surface area contributed by atoms with Gasteiger partial charge in [-0.25, -0.2) is 8.42 Å². The topological polar surface area (TPSA) is 104 Å². The third-order valence-corrected chi connectivity index (χ3v) is 5.39. The Hall–Kier alpha value is -1.41. The van der Waals surface area contributed by atoms with Gasteiger partial charge < -0.3 is 14.4 Å². The maximum Gasteiger partial charge on any atom is 0.248 e. The fourth-order valence-electron chi connectivity index (χ4n) is 2.33. The minimum Gasteiger partial charge on any atom is -0.550 e. The second kappa shape index (κ2) is 4.93. The van der Waals surface area contributed by atoms with Crippen molar-refractivity contribution in [2.24, 2.45) is 5.92 Å². The number of carbonyl (C=O) groups excluding carboxylic acids is 1. The molecule has 0 aromatic carbocycles. The molecule has 0 N–H and O–H groups in total. The molecule has 1 atom stereocenters. The normalized spacial score (nSPS) is 21.5. The van der Waals surface area contributed by atoms with Gasteiger partial charge in [0.15, 0.2) is 5.76 Å². The average Bonchev–Trinajstić information content (AvgIpc) is 2.69. The molecule has 2 rings (SSSR count). The van der Waals surface area contributed by atoms with Gasteiger partial charge in [0.05, 0.1) is 0 Å². The molecule has 0 bridgehead atoms. The van der Waals surface area contributed by atoms with Crippen LogP contribution in [0, 0.1) is 19.8 Å². The lowest BCUT2D eigenvalue weighted by molar-refractivity contribution is -0.312. The van der Waals surface area contributed by atoms with Crippen molar-refractivity contribution in [2.75, 3.05) is 13.1 Å². The van der Waals surface area contributed by atoms with Crippen molar-refractivity contribution in [2.45, 2.75) is 31.6 Å². The molecular weight excluding hydrogens is 272 g/mol. The summed E-state index contributed by atoms with van der Waals surface area (Å²) in [6, 6.07) is 0. The lowest BCUT2D eigenvalue weighted by atomic mass is 10.0. The molecule has 1 aliphatic rings. The van der Waals surface area contributed by atoms with Crippen LogP contribution in [0.5, 0.6) is 0 Å². The van der Waals surface area contributed by atoms with E-state index < -0.39 is 21.9 Å². The Morgan fingerprint density at radius 2 is 2.16 bits per heavy atom. The zero-order chi connectivity index (χ0) is 14.2. The summed E-state index contributed by atoms with van der Waals surface area (Å²) < 4.78 is 31.0. The van der Waals surface area contributed by atoms with E-state index in [1.54, 1.807) is 6.92 Å². The van der Waals surface area contributed by atoms with Gasteiger partial charge in [0, 0.05) is 25.0 Å². The zero-order valence-electron chi connectivity index (χ0n) is 10.7. The van der Waals surface area contributed by atoms with Crippen LogP contribution >= 0.6 is 0 Å². The van der Waals surface area contributed by atoms with E-state index in [1.165, 1.54) is 11.2 Å². The molecule has 1 aliphatic heterocycles. The van der Waals surface area contributed by atoms with Crippen molar-refractivity contribution in [3.05, 3.63) is 11.5 Å². The Bertz CT molecular complexity index is 573. The number of carboxylic acids is 1. The largest absolute Gasteiger partial charge is 0.550 e. The van der Waals surface area contributed by atoms with Crippen molar-refractivity contribution in [3.63, 3.8) is 0 Å². The van der Waals surface area contributed by atoms with Gasteiger partial charge in [0.2, 0.25) is 10.0 Å². The first-order valence-corrected chi connectivity index (χ1v) is 7.42. The van der Waals surface area contributed by atoms with Crippen LogP contribution in [0.1, 0.15) is 24.3 Å². The van der Waals surface area contributed by atoms with Gasteiger partial charge in [-0.1, -0.05) is 5.16 Å². The minimum absolute atomic E-state index is 0.0338. The van der Waals surface area contributed by atoms with Crippen LogP contribution in [0.3, 0.4) is 0 Å². The van der Waals surface area contributed by atoms with Crippen molar-refractivity contribution in [3.8, 4) is 0 Å².